The van der Waals surface area contributed by atoms with Crippen molar-refractivity contribution in [1.29, 1.82) is 0 Å². The van der Waals surface area contributed by atoms with E-state index in [1.807, 2.05) is 0 Å². The summed E-state index contributed by atoms with van der Waals surface area (Å²) in [5.41, 5.74) is 0. The molecule has 0 aliphatic heterocycles. The molecule has 0 fully saturated rings. The summed E-state index contributed by atoms with van der Waals surface area (Å²) in [7, 11) is -7.77. The summed E-state index contributed by atoms with van der Waals surface area (Å²) in [5.74, 6) is 0. The Morgan fingerprint density at radius 1 is 1.31 bits per heavy atom. The Morgan fingerprint density at radius 2 is 1.69 bits per heavy atom. The van der Waals surface area contributed by atoms with E-state index in [4.69, 9.17) is 0 Å². The quantitative estimate of drug-likeness (QED) is 0.698. The standard InChI is InChI=1S/C5H11F3O3SSi/c1-13(2,3)11-12(9,10)5(7,8)4-6/h4H2,1-3H3. The summed E-state index contributed by atoms with van der Waals surface area (Å²) >= 11 is 0. The third kappa shape index (κ3) is 3.65. The Balaban J connectivity index is 4.81. The molecule has 80 valence electrons. The zero-order chi connectivity index (χ0) is 10.9. The minimum absolute atomic E-state index is 1.42. The first-order valence-corrected chi connectivity index (χ1v) is 8.22. The highest BCUT2D eigenvalue weighted by Crippen LogP contribution is 2.26. The average molecular weight is 236 g/mol. The number of alkyl halides is 3. The first-order valence-electron chi connectivity index (χ1n) is 3.41. The van der Waals surface area contributed by atoms with Crippen LogP contribution in [0.3, 0.4) is 0 Å². The molecule has 0 aromatic carbocycles. The van der Waals surface area contributed by atoms with Crippen molar-refractivity contribution in [3.8, 4) is 0 Å². The molecule has 0 amide bonds. The van der Waals surface area contributed by atoms with Gasteiger partial charge in [-0.05, 0) is 19.6 Å². The van der Waals surface area contributed by atoms with Crippen LogP contribution in [0.15, 0.2) is 0 Å². The average Bonchev–Trinajstić information content (AvgIpc) is 1.81. The van der Waals surface area contributed by atoms with Crippen LogP contribution in [0.4, 0.5) is 13.2 Å². The van der Waals surface area contributed by atoms with Gasteiger partial charge in [0.15, 0.2) is 6.67 Å². The van der Waals surface area contributed by atoms with E-state index in [1.54, 1.807) is 0 Å². The topological polar surface area (TPSA) is 43.4 Å². The third-order valence-corrected chi connectivity index (χ3v) is 4.60. The van der Waals surface area contributed by atoms with Crippen LogP contribution in [-0.4, -0.2) is 28.7 Å². The van der Waals surface area contributed by atoms with E-state index in [2.05, 4.69) is 3.87 Å². The van der Waals surface area contributed by atoms with Crippen molar-refractivity contribution < 1.29 is 25.5 Å². The third-order valence-electron chi connectivity index (χ3n) is 0.881. The van der Waals surface area contributed by atoms with Crippen molar-refractivity contribution >= 4 is 18.4 Å². The first kappa shape index (κ1) is 12.9. The van der Waals surface area contributed by atoms with Crippen LogP contribution >= 0.6 is 0 Å². The minimum atomic E-state index is -5.11. The molecule has 0 atom stereocenters. The summed E-state index contributed by atoms with van der Waals surface area (Å²) in [5, 5.41) is -4.44. The van der Waals surface area contributed by atoms with Gasteiger partial charge >= 0.3 is 15.4 Å². The second-order valence-corrected chi connectivity index (χ2v) is 9.82. The predicted octanol–water partition coefficient (Wildman–Crippen LogP) is 1.73. The lowest BCUT2D eigenvalue weighted by Gasteiger charge is -2.20. The smallest absolute Gasteiger partial charge is 0.311 e. The number of halogens is 3. The summed E-state index contributed by atoms with van der Waals surface area (Å²) < 4.78 is 62.1. The Morgan fingerprint density at radius 3 is 1.92 bits per heavy atom. The van der Waals surface area contributed by atoms with Gasteiger partial charge in [0.2, 0.25) is 8.32 Å². The molecule has 0 rings (SSSR count). The fourth-order valence-corrected chi connectivity index (χ4v) is 3.71. The van der Waals surface area contributed by atoms with E-state index in [1.165, 1.54) is 19.6 Å². The molecule has 0 aliphatic rings. The molecule has 0 aromatic heterocycles. The lowest BCUT2D eigenvalue weighted by Crippen LogP contribution is -2.40. The normalized spacial score (nSPS) is 14.6. The van der Waals surface area contributed by atoms with Gasteiger partial charge in [-0.1, -0.05) is 0 Å². The number of hydrogen-bond donors (Lipinski definition) is 0. The maximum Gasteiger partial charge on any atom is 0.396 e. The highest BCUT2D eigenvalue weighted by atomic mass is 32.2. The van der Waals surface area contributed by atoms with Gasteiger partial charge < -0.3 is 3.87 Å². The van der Waals surface area contributed by atoms with E-state index in [-0.39, 0.29) is 0 Å². The van der Waals surface area contributed by atoms with Crippen molar-refractivity contribution in [2.75, 3.05) is 6.67 Å². The fraction of sp³-hybridized carbons (Fsp3) is 1.00. The molecule has 0 spiro atoms. The molecule has 0 aromatic rings. The second kappa shape index (κ2) is 3.58. The number of hydrogen-bond acceptors (Lipinski definition) is 3. The zero-order valence-electron chi connectivity index (χ0n) is 7.47. The molecular formula is C5H11F3O3SSi. The zero-order valence-corrected chi connectivity index (χ0v) is 9.29. The molecule has 0 N–H and O–H groups in total. The van der Waals surface area contributed by atoms with E-state index >= 15 is 0 Å². The van der Waals surface area contributed by atoms with Crippen LogP contribution in [0.1, 0.15) is 0 Å². The fourth-order valence-electron chi connectivity index (χ4n) is 0.457. The lowest BCUT2D eigenvalue weighted by molar-refractivity contribution is 0.0535. The molecular weight excluding hydrogens is 225 g/mol. The van der Waals surface area contributed by atoms with Gasteiger partial charge in [0.25, 0.3) is 0 Å². The SMILES string of the molecule is C[Si](C)(C)OS(=O)(=O)C(F)(F)CF. The van der Waals surface area contributed by atoms with Gasteiger partial charge in [0.05, 0.1) is 0 Å². The van der Waals surface area contributed by atoms with E-state index in [0.717, 1.165) is 0 Å². The van der Waals surface area contributed by atoms with E-state index in [0.29, 0.717) is 0 Å². The highest BCUT2D eigenvalue weighted by Gasteiger charge is 2.48. The van der Waals surface area contributed by atoms with E-state index < -0.39 is 30.4 Å². The predicted molar refractivity (Wildman–Crippen MR) is 44.3 cm³/mol. The molecule has 0 heterocycles. The van der Waals surface area contributed by atoms with Crippen LogP contribution in [0.5, 0.6) is 0 Å². The van der Waals surface area contributed by atoms with Crippen molar-refractivity contribution in [3.05, 3.63) is 0 Å². The Hall–Kier alpha value is -0.0831. The Kier molecular flexibility index (Phi) is 3.56. The van der Waals surface area contributed by atoms with Gasteiger partial charge in [-0.3, -0.25) is 0 Å². The maximum absolute atomic E-state index is 12.4. The van der Waals surface area contributed by atoms with Gasteiger partial charge in [0, 0.05) is 0 Å². The molecule has 13 heavy (non-hydrogen) atoms. The molecule has 0 unspecified atom stereocenters. The Bertz CT molecular complexity index is 269. The largest absolute Gasteiger partial charge is 0.396 e. The monoisotopic (exact) mass is 236 g/mol. The van der Waals surface area contributed by atoms with Gasteiger partial charge in [-0.25, -0.2) is 4.39 Å². The van der Waals surface area contributed by atoms with E-state index in [9.17, 15) is 21.6 Å². The molecule has 0 aliphatic carbocycles. The molecule has 3 nitrogen and oxygen atoms in total. The van der Waals surface area contributed by atoms with Gasteiger partial charge in [-0.15, -0.1) is 0 Å². The number of rotatable bonds is 4. The molecule has 8 heteroatoms. The first-order chi connectivity index (χ1) is 5.52. The molecule has 0 saturated carbocycles. The summed E-state index contributed by atoms with van der Waals surface area (Å²) in [6.45, 7) is 1.98. The molecule has 0 radical (unpaired) electrons. The molecule has 0 bridgehead atoms. The van der Waals surface area contributed by atoms with Crippen molar-refractivity contribution in [2.24, 2.45) is 0 Å². The maximum atomic E-state index is 12.4. The van der Waals surface area contributed by atoms with Crippen molar-refractivity contribution in [2.45, 2.75) is 24.9 Å². The van der Waals surface area contributed by atoms with Crippen LogP contribution in [-0.2, 0) is 14.0 Å². The van der Waals surface area contributed by atoms with Crippen LogP contribution in [0.25, 0.3) is 0 Å². The van der Waals surface area contributed by atoms with Crippen molar-refractivity contribution in [1.82, 2.24) is 0 Å². The lowest BCUT2D eigenvalue weighted by atomic mass is 10.8. The second-order valence-electron chi connectivity index (χ2n) is 3.42. The summed E-state index contributed by atoms with van der Waals surface area (Å²) in [6, 6.07) is 0. The van der Waals surface area contributed by atoms with Crippen molar-refractivity contribution in [3.63, 3.8) is 0 Å². The van der Waals surface area contributed by atoms with Crippen LogP contribution in [0.2, 0.25) is 19.6 Å². The highest BCUT2D eigenvalue weighted by molar-refractivity contribution is 7.88. The summed E-state index contributed by atoms with van der Waals surface area (Å²) in [6.07, 6.45) is 0. The van der Waals surface area contributed by atoms with Gasteiger partial charge in [-0.2, -0.15) is 17.2 Å². The molecule has 0 saturated heterocycles. The van der Waals surface area contributed by atoms with Crippen LogP contribution < -0.4 is 0 Å². The Labute approximate surface area is 76.1 Å². The van der Waals surface area contributed by atoms with Gasteiger partial charge in [0.1, 0.15) is 0 Å². The minimum Gasteiger partial charge on any atom is -0.311 e. The van der Waals surface area contributed by atoms with Crippen LogP contribution in [0, 0.1) is 0 Å². The summed E-state index contributed by atoms with van der Waals surface area (Å²) in [4.78, 5) is 0.